The Morgan fingerprint density at radius 1 is 1.45 bits per heavy atom. The van der Waals surface area contributed by atoms with Gasteiger partial charge in [0.2, 0.25) is 0 Å². The van der Waals surface area contributed by atoms with Crippen LogP contribution in [0, 0.1) is 5.82 Å². The fraction of sp³-hybridized carbons (Fsp3) is 0.286. The molecule has 0 N–H and O–H groups in total. The van der Waals surface area contributed by atoms with Crippen LogP contribution in [0.3, 0.4) is 0 Å². The van der Waals surface area contributed by atoms with Gasteiger partial charge in [-0.1, -0.05) is 18.2 Å². The van der Waals surface area contributed by atoms with Crippen molar-refractivity contribution < 1.29 is 13.9 Å². The standard InChI is InChI=1S/C14H14BrFN2O2/c1-20-7-6-18-14(11(15)9-17-18)13(19)8-10-4-2-3-5-12(10)16/h2-5,9H,6-8H2,1H3. The topological polar surface area (TPSA) is 44.1 Å². The van der Waals surface area contributed by atoms with E-state index in [9.17, 15) is 9.18 Å². The van der Waals surface area contributed by atoms with Gasteiger partial charge in [-0.05, 0) is 27.6 Å². The molecule has 4 nitrogen and oxygen atoms in total. The van der Waals surface area contributed by atoms with Crippen molar-refractivity contribution in [3.05, 3.63) is 52.0 Å². The Balaban J connectivity index is 2.21. The highest BCUT2D eigenvalue weighted by Gasteiger charge is 2.18. The van der Waals surface area contributed by atoms with E-state index in [1.54, 1.807) is 36.2 Å². The van der Waals surface area contributed by atoms with E-state index in [1.165, 1.54) is 6.07 Å². The third-order valence-electron chi connectivity index (χ3n) is 2.87. The molecule has 106 valence electrons. The predicted octanol–water partition coefficient (Wildman–Crippen LogP) is 2.86. The van der Waals surface area contributed by atoms with Gasteiger partial charge in [0.1, 0.15) is 11.5 Å². The average molecular weight is 341 g/mol. The van der Waals surface area contributed by atoms with Crippen molar-refractivity contribution in [3.8, 4) is 0 Å². The van der Waals surface area contributed by atoms with E-state index >= 15 is 0 Å². The van der Waals surface area contributed by atoms with Gasteiger partial charge in [-0.3, -0.25) is 9.48 Å². The summed E-state index contributed by atoms with van der Waals surface area (Å²) in [6, 6.07) is 6.27. The second-order valence-electron chi connectivity index (χ2n) is 4.25. The molecular weight excluding hydrogens is 327 g/mol. The van der Waals surface area contributed by atoms with Crippen molar-refractivity contribution in [3.63, 3.8) is 0 Å². The number of hydrogen-bond donors (Lipinski definition) is 0. The zero-order valence-corrected chi connectivity index (χ0v) is 12.6. The molecule has 0 aliphatic heterocycles. The van der Waals surface area contributed by atoms with Crippen molar-refractivity contribution in [2.75, 3.05) is 13.7 Å². The number of nitrogens with zero attached hydrogens (tertiary/aromatic N) is 2. The number of Topliss-reactive ketones (excluding diaryl/α,β-unsaturated/α-hetero) is 1. The fourth-order valence-electron chi connectivity index (χ4n) is 1.89. The first-order valence-electron chi connectivity index (χ1n) is 6.10. The molecule has 0 saturated heterocycles. The number of benzene rings is 1. The molecular formula is C14H14BrFN2O2. The molecule has 0 bridgehead atoms. The monoisotopic (exact) mass is 340 g/mol. The SMILES string of the molecule is COCCn1ncc(Br)c1C(=O)Cc1ccccc1F. The van der Waals surface area contributed by atoms with E-state index in [0.717, 1.165) is 0 Å². The summed E-state index contributed by atoms with van der Waals surface area (Å²) in [5.74, 6) is -0.560. The van der Waals surface area contributed by atoms with E-state index in [-0.39, 0.29) is 18.0 Å². The number of hydrogen-bond acceptors (Lipinski definition) is 3. The third kappa shape index (κ3) is 3.32. The number of rotatable bonds is 6. The van der Waals surface area contributed by atoms with Crippen LogP contribution in [-0.4, -0.2) is 29.3 Å². The Labute approximate surface area is 124 Å². The molecule has 20 heavy (non-hydrogen) atoms. The number of halogens is 2. The molecule has 0 radical (unpaired) electrons. The molecule has 0 atom stereocenters. The Hall–Kier alpha value is -1.53. The summed E-state index contributed by atoms with van der Waals surface area (Å²) >= 11 is 3.30. The maximum atomic E-state index is 13.6. The summed E-state index contributed by atoms with van der Waals surface area (Å²) in [5, 5.41) is 4.11. The Morgan fingerprint density at radius 2 is 2.20 bits per heavy atom. The molecule has 0 amide bonds. The van der Waals surface area contributed by atoms with Crippen molar-refractivity contribution in [2.45, 2.75) is 13.0 Å². The van der Waals surface area contributed by atoms with Gasteiger partial charge in [-0.15, -0.1) is 0 Å². The highest BCUT2D eigenvalue weighted by molar-refractivity contribution is 9.10. The zero-order valence-electron chi connectivity index (χ0n) is 11.0. The predicted molar refractivity (Wildman–Crippen MR) is 76.2 cm³/mol. The van der Waals surface area contributed by atoms with E-state index in [0.29, 0.717) is 28.9 Å². The second-order valence-corrected chi connectivity index (χ2v) is 5.10. The zero-order chi connectivity index (χ0) is 14.5. The average Bonchev–Trinajstić information content (AvgIpc) is 2.80. The Bertz CT molecular complexity index is 613. The van der Waals surface area contributed by atoms with Gasteiger partial charge in [0, 0.05) is 13.5 Å². The molecule has 2 rings (SSSR count). The molecule has 1 aromatic heterocycles. The minimum Gasteiger partial charge on any atom is -0.383 e. The van der Waals surface area contributed by atoms with E-state index in [4.69, 9.17) is 4.74 Å². The Kier molecular flexibility index (Phi) is 5.03. The normalized spacial score (nSPS) is 10.8. The molecule has 0 aliphatic carbocycles. The first-order chi connectivity index (χ1) is 9.63. The highest BCUT2D eigenvalue weighted by atomic mass is 79.9. The largest absolute Gasteiger partial charge is 0.383 e. The minimum atomic E-state index is -0.375. The fourth-order valence-corrected chi connectivity index (χ4v) is 2.40. The Morgan fingerprint density at radius 3 is 2.90 bits per heavy atom. The van der Waals surface area contributed by atoms with Gasteiger partial charge < -0.3 is 4.74 Å². The second kappa shape index (κ2) is 6.76. The molecule has 0 unspecified atom stereocenters. The van der Waals surface area contributed by atoms with Gasteiger partial charge in [0.05, 0.1) is 23.8 Å². The van der Waals surface area contributed by atoms with Gasteiger partial charge in [-0.25, -0.2) is 4.39 Å². The van der Waals surface area contributed by atoms with Crippen LogP contribution >= 0.6 is 15.9 Å². The smallest absolute Gasteiger partial charge is 0.186 e. The minimum absolute atomic E-state index is 0.00392. The molecule has 2 aromatic rings. The summed E-state index contributed by atoms with van der Waals surface area (Å²) in [7, 11) is 1.58. The summed E-state index contributed by atoms with van der Waals surface area (Å²) in [4.78, 5) is 12.3. The summed E-state index contributed by atoms with van der Waals surface area (Å²) in [5.41, 5.74) is 0.814. The lowest BCUT2D eigenvalue weighted by atomic mass is 10.1. The molecule has 1 heterocycles. The van der Waals surface area contributed by atoms with E-state index in [1.807, 2.05) is 0 Å². The van der Waals surface area contributed by atoms with Gasteiger partial charge in [0.25, 0.3) is 0 Å². The number of carbonyl (C=O) groups is 1. The molecule has 0 spiro atoms. The van der Waals surface area contributed by atoms with Crippen LogP contribution in [0.25, 0.3) is 0 Å². The number of ether oxygens (including phenoxy) is 1. The van der Waals surface area contributed by atoms with Gasteiger partial charge >= 0.3 is 0 Å². The van der Waals surface area contributed by atoms with E-state index in [2.05, 4.69) is 21.0 Å². The molecule has 0 fully saturated rings. The van der Waals surface area contributed by atoms with Crippen LogP contribution in [0.1, 0.15) is 16.1 Å². The first-order valence-corrected chi connectivity index (χ1v) is 6.89. The molecule has 6 heteroatoms. The lowest BCUT2D eigenvalue weighted by molar-refractivity contribution is 0.0977. The number of carbonyl (C=O) groups excluding carboxylic acids is 1. The number of aromatic nitrogens is 2. The van der Waals surface area contributed by atoms with Crippen molar-refractivity contribution in [1.29, 1.82) is 0 Å². The van der Waals surface area contributed by atoms with Crippen molar-refractivity contribution >= 4 is 21.7 Å². The maximum absolute atomic E-state index is 13.6. The van der Waals surface area contributed by atoms with Crippen LogP contribution in [0.4, 0.5) is 4.39 Å². The van der Waals surface area contributed by atoms with Crippen LogP contribution in [0.2, 0.25) is 0 Å². The highest BCUT2D eigenvalue weighted by Crippen LogP contribution is 2.19. The van der Waals surface area contributed by atoms with E-state index < -0.39 is 0 Å². The maximum Gasteiger partial charge on any atom is 0.186 e. The van der Waals surface area contributed by atoms with Crippen LogP contribution in [0.15, 0.2) is 34.9 Å². The number of methoxy groups -OCH3 is 1. The van der Waals surface area contributed by atoms with Gasteiger partial charge in [0.15, 0.2) is 5.78 Å². The summed E-state index contributed by atoms with van der Waals surface area (Å²) in [6.45, 7) is 0.925. The lowest BCUT2D eigenvalue weighted by Gasteiger charge is -2.07. The number of ketones is 1. The van der Waals surface area contributed by atoms with Crippen LogP contribution in [0.5, 0.6) is 0 Å². The lowest BCUT2D eigenvalue weighted by Crippen LogP contribution is -2.16. The molecule has 0 saturated carbocycles. The van der Waals surface area contributed by atoms with Crippen molar-refractivity contribution in [1.82, 2.24) is 9.78 Å². The first kappa shape index (κ1) is 14.9. The third-order valence-corrected chi connectivity index (χ3v) is 3.46. The quantitative estimate of drug-likeness (QED) is 0.759. The van der Waals surface area contributed by atoms with Crippen LogP contribution < -0.4 is 0 Å². The van der Waals surface area contributed by atoms with Gasteiger partial charge in [-0.2, -0.15) is 5.10 Å². The van der Waals surface area contributed by atoms with Crippen molar-refractivity contribution in [2.24, 2.45) is 0 Å². The molecule has 0 aliphatic rings. The summed E-state index contributed by atoms with van der Waals surface area (Å²) in [6.07, 6.45) is 1.56. The molecule has 1 aromatic carbocycles. The van der Waals surface area contributed by atoms with Crippen LogP contribution in [-0.2, 0) is 17.7 Å². The summed E-state index contributed by atoms with van der Waals surface area (Å²) < 4.78 is 20.7.